The second kappa shape index (κ2) is 9.91. The summed E-state index contributed by atoms with van der Waals surface area (Å²) in [5, 5.41) is 2.89. The predicted molar refractivity (Wildman–Crippen MR) is 127 cm³/mol. The van der Waals surface area contributed by atoms with Crippen LogP contribution in [0.25, 0.3) is 0 Å². The van der Waals surface area contributed by atoms with Crippen LogP contribution in [-0.2, 0) is 24.8 Å². The summed E-state index contributed by atoms with van der Waals surface area (Å²) >= 11 is 12.0. The SMILES string of the molecule is CS(=O)(=O)N(CC(=O)Nc1ccc(S(=O)(=O)Nc2ncccn2)cc1)c1ccc(Cl)cc1Cl. The molecule has 0 bridgehead atoms. The van der Waals surface area contributed by atoms with Gasteiger partial charge in [-0.2, -0.15) is 0 Å². The zero-order chi connectivity index (χ0) is 24.2. The van der Waals surface area contributed by atoms with Gasteiger partial charge in [0.2, 0.25) is 21.9 Å². The summed E-state index contributed by atoms with van der Waals surface area (Å²) in [4.78, 5) is 20.0. The number of carbonyl (C=O) groups excluding carboxylic acids is 1. The third-order valence-electron chi connectivity index (χ3n) is 4.11. The molecule has 174 valence electrons. The molecular weight excluding hydrogens is 513 g/mol. The number of carbonyl (C=O) groups is 1. The van der Waals surface area contributed by atoms with Crippen LogP contribution >= 0.6 is 23.2 Å². The molecule has 0 spiro atoms. The summed E-state index contributed by atoms with van der Waals surface area (Å²) in [6.45, 7) is -0.562. The van der Waals surface area contributed by atoms with Crippen LogP contribution in [-0.4, -0.2) is 45.5 Å². The fourth-order valence-electron chi connectivity index (χ4n) is 2.64. The number of benzene rings is 2. The fourth-order valence-corrected chi connectivity index (χ4v) is 5.03. The molecule has 3 aromatic rings. The van der Waals surface area contributed by atoms with Crippen LogP contribution in [0.3, 0.4) is 0 Å². The highest BCUT2D eigenvalue weighted by Gasteiger charge is 2.23. The van der Waals surface area contributed by atoms with Gasteiger partial charge in [-0.05, 0) is 48.5 Å². The maximum absolute atomic E-state index is 12.5. The lowest BCUT2D eigenvalue weighted by Gasteiger charge is -2.23. The van der Waals surface area contributed by atoms with E-state index < -0.39 is 32.5 Å². The summed E-state index contributed by atoms with van der Waals surface area (Å²) < 4.78 is 52.4. The third kappa shape index (κ3) is 6.54. The lowest BCUT2D eigenvalue weighted by Crippen LogP contribution is -2.37. The Bertz CT molecular complexity index is 1370. The normalized spacial score (nSPS) is 11.6. The van der Waals surface area contributed by atoms with E-state index >= 15 is 0 Å². The van der Waals surface area contributed by atoms with Crippen LogP contribution in [0.5, 0.6) is 0 Å². The van der Waals surface area contributed by atoms with E-state index in [4.69, 9.17) is 23.2 Å². The molecule has 14 heteroatoms. The van der Waals surface area contributed by atoms with E-state index in [1.165, 1.54) is 54.9 Å². The van der Waals surface area contributed by atoms with Gasteiger partial charge < -0.3 is 5.32 Å². The molecular formula is C19H17Cl2N5O5S2. The molecule has 0 saturated heterocycles. The van der Waals surface area contributed by atoms with Crippen molar-refractivity contribution in [3.05, 3.63) is 71.0 Å². The second-order valence-electron chi connectivity index (χ2n) is 6.62. The molecule has 3 rings (SSSR count). The first-order valence-electron chi connectivity index (χ1n) is 9.08. The second-order valence-corrected chi connectivity index (χ2v) is 11.0. The van der Waals surface area contributed by atoms with Crippen LogP contribution in [0.4, 0.5) is 17.3 Å². The number of anilines is 3. The van der Waals surface area contributed by atoms with Gasteiger partial charge in [-0.3, -0.25) is 9.10 Å². The third-order valence-corrected chi connectivity index (χ3v) is 7.11. The van der Waals surface area contributed by atoms with Crippen molar-refractivity contribution in [2.45, 2.75) is 4.90 Å². The molecule has 0 aliphatic rings. The summed E-state index contributed by atoms with van der Waals surface area (Å²) in [6.07, 6.45) is 3.72. The van der Waals surface area contributed by atoms with E-state index in [1.807, 2.05) is 0 Å². The number of hydrogen-bond acceptors (Lipinski definition) is 7. The Morgan fingerprint density at radius 1 is 1.00 bits per heavy atom. The highest BCUT2D eigenvalue weighted by atomic mass is 35.5. The van der Waals surface area contributed by atoms with Crippen molar-refractivity contribution in [3.63, 3.8) is 0 Å². The van der Waals surface area contributed by atoms with Gasteiger partial charge in [-0.25, -0.2) is 31.5 Å². The summed E-state index contributed by atoms with van der Waals surface area (Å²) in [7, 11) is -7.79. The topological polar surface area (TPSA) is 138 Å². The molecule has 1 amide bonds. The van der Waals surface area contributed by atoms with Crippen molar-refractivity contribution in [2.75, 3.05) is 27.1 Å². The molecule has 0 atom stereocenters. The molecule has 2 aromatic carbocycles. The van der Waals surface area contributed by atoms with Gasteiger partial charge in [0.15, 0.2) is 0 Å². The number of aromatic nitrogens is 2. The molecule has 10 nitrogen and oxygen atoms in total. The van der Waals surface area contributed by atoms with E-state index in [0.29, 0.717) is 5.02 Å². The molecule has 0 aliphatic heterocycles. The van der Waals surface area contributed by atoms with Gasteiger partial charge in [0.25, 0.3) is 10.0 Å². The zero-order valence-corrected chi connectivity index (χ0v) is 20.1. The Kier molecular flexibility index (Phi) is 7.42. The number of rotatable bonds is 8. The van der Waals surface area contributed by atoms with Crippen molar-refractivity contribution in [1.29, 1.82) is 0 Å². The molecule has 1 aromatic heterocycles. The standard InChI is InChI=1S/C19H17Cl2N5O5S2/c1-32(28,29)26(17-8-3-13(20)11-16(17)21)12-18(27)24-14-4-6-15(7-5-14)33(30,31)25-19-22-9-2-10-23-19/h2-11H,12H2,1H3,(H,24,27)(H,22,23,25). The Morgan fingerprint density at radius 2 is 1.64 bits per heavy atom. The molecule has 2 N–H and O–H groups in total. The minimum Gasteiger partial charge on any atom is -0.325 e. The quantitative estimate of drug-likeness (QED) is 0.457. The molecule has 0 saturated carbocycles. The lowest BCUT2D eigenvalue weighted by atomic mass is 10.3. The monoisotopic (exact) mass is 529 g/mol. The van der Waals surface area contributed by atoms with Crippen molar-refractivity contribution < 1.29 is 21.6 Å². The molecule has 0 fully saturated rings. The van der Waals surface area contributed by atoms with Gasteiger partial charge in [-0.1, -0.05) is 23.2 Å². The summed E-state index contributed by atoms with van der Waals surface area (Å²) in [6, 6.07) is 11.0. The maximum atomic E-state index is 12.5. The van der Waals surface area contributed by atoms with E-state index in [2.05, 4.69) is 20.0 Å². The van der Waals surface area contributed by atoms with Gasteiger partial charge in [0, 0.05) is 23.1 Å². The van der Waals surface area contributed by atoms with E-state index in [1.54, 1.807) is 6.07 Å². The van der Waals surface area contributed by atoms with Crippen LogP contribution in [0.2, 0.25) is 10.0 Å². The summed E-state index contributed by atoms with van der Waals surface area (Å²) in [5.41, 5.74) is 0.347. The Hall–Kier alpha value is -2.93. The van der Waals surface area contributed by atoms with Crippen LogP contribution in [0.15, 0.2) is 65.8 Å². The highest BCUT2D eigenvalue weighted by Crippen LogP contribution is 2.30. The van der Waals surface area contributed by atoms with Gasteiger partial charge in [0.1, 0.15) is 6.54 Å². The van der Waals surface area contributed by atoms with Crippen molar-refractivity contribution >= 4 is 66.5 Å². The molecule has 0 radical (unpaired) electrons. The summed E-state index contributed by atoms with van der Waals surface area (Å²) in [5.74, 6) is -0.755. The van der Waals surface area contributed by atoms with Gasteiger partial charge in [0.05, 0.1) is 21.9 Å². The first-order chi connectivity index (χ1) is 15.5. The van der Waals surface area contributed by atoms with E-state index in [0.717, 1.165) is 10.6 Å². The average Bonchev–Trinajstić information content (AvgIpc) is 2.72. The number of halogens is 2. The Morgan fingerprint density at radius 3 is 2.21 bits per heavy atom. The molecule has 0 aliphatic carbocycles. The van der Waals surface area contributed by atoms with E-state index in [9.17, 15) is 21.6 Å². The number of hydrogen-bond donors (Lipinski definition) is 2. The number of sulfonamides is 2. The number of nitrogens with zero attached hydrogens (tertiary/aromatic N) is 3. The van der Waals surface area contributed by atoms with Crippen molar-refractivity contribution in [3.8, 4) is 0 Å². The van der Waals surface area contributed by atoms with Crippen molar-refractivity contribution in [2.24, 2.45) is 0 Å². The predicted octanol–water partition coefficient (Wildman–Crippen LogP) is 2.99. The first-order valence-corrected chi connectivity index (χ1v) is 13.2. The zero-order valence-electron chi connectivity index (χ0n) is 16.9. The Labute approximate surface area is 200 Å². The molecule has 0 unspecified atom stereocenters. The number of nitrogens with one attached hydrogen (secondary N) is 2. The molecule has 1 heterocycles. The minimum atomic E-state index is -3.94. The van der Waals surface area contributed by atoms with Gasteiger partial charge >= 0.3 is 0 Å². The van der Waals surface area contributed by atoms with Crippen LogP contribution in [0, 0.1) is 0 Å². The first kappa shape index (κ1) is 24.7. The smallest absolute Gasteiger partial charge is 0.264 e. The minimum absolute atomic E-state index is 0.0604. The van der Waals surface area contributed by atoms with E-state index in [-0.39, 0.29) is 27.2 Å². The number of amides is 1. The van der Waals surface area contributed by atoms with Crippen molar-refractivity contribution in [1.82, 2.24) is 9.97 Å². The highest BCUT2D eigenvalue weighted by molar-refractivity contribution is 7.92. The largest absolute Gasteiger partial charge is 0.325 e. The molecule has 33 heavy (non-hydrogen) atoms. The average molecular weight is 530 g/mol. The van der Waals surface area contributed by atoms with Crippen LogP contribution < -0.4 is 14.3 Å². The lowest BCUT2D eigenvalue weighted by molar-refractivity contribution is -0.114. The van der Waals surface area contributed by atoms with Gasteiger partial charge in [-0.15, -0.1) is 0 Å². The Balaban J connectivity index is 1.73. The fraction of sp³-hybridized carbons (Fsp3) is 0.105. The van der Waals surface area contributed by atoms with Crippen LogP contribution in [0.1, 0.15) is 0 Å². The maximum Gasteiger partial charge on any atom is 0.264 e.